The Morgan fingerprint density at radius 2 is 1.01 bits per heavy atom. The molecule has 107 heavy (non-hydrogen) atoms. The van der Waals surface area contributed by atoms with Crippen molar-refractivity contribution in [1.29, 1.82) is 0 Å². The van der Waals surface area contributed by atoms with Crippen LogP contribution in [0.2, 0.25) is 0 Å². The summed E-state index contributed by atoms with van der Waals surface area (Å²) < 4.78 is 26.8. The zero-order valence-electron chi connectivity index (χ0n) is 58.8. The summed E-state index contributed by atoms with van der Waals surface area (Å²) in [6.07, 6.45) is 10.5. The molecule has 10 heterocycles. The Kier molecular flexibility index (Phi) is 21.7. The van der Waals surface area contributed by atoms with Crippen molar-refractivity contribution in [2.75, 3.05) is 55.1 Å². The molecule has 5 aromatic carbocycles. The quantitative estimate of drug-likeness (QED) is 0.0349. The molecule has 0 spiro atoms. The molecule has 4 aliphatic rings. The van der Waals surface area contributed by atoms with Crippen LogP contribution in [-0.2, 0) is 72.3 Å². The van der Waals surface area contributed by atoms with Gasteiger partial charge >= 0.3 is 12.1 Å². The van der Waals surface area contributed by atoms with Crippen LogP contribution >= 0.6 is 0 Å². The topological polar surface area (TPSA) is 388 Å². The van der Waals surface area contributed by atoms with Gasteiger partial charge in [0.1, 0.15) is 78.2 Å². The van der Waals surface area contributed by atoms with Crippen molar-refractivity contribution in [3.05, 3.63) is 214 Å². The number of fused-ring (bicyclic) bond motifs is 6. The van der Waals surface area contributed by atoms with Gasteiger partial charge in [0.25, 0.3) is 17.7 Å². The Morgan fingerprint density at radius 1 is 0.561 bits per heavy atom. The van der Waals surface area contributed by atoms with Crippen LogP contribution in [0.3, 0.4) is 0 Å². The minimum Gasteiger partial charge on any atom is -0.486 e. The van der Waals surface area contributed by atoms with Crippen molar-refractivity contribution in [2.24, 2.45) is 0 Å². The normalized spacial score (nSPS) is 14.6. The van der Waals surface area contributed by atoms with Crippen LogP contribution in [-0.4, -0.2) is 143 Å². The molecule has 4 aliphatic heterocycles. The first-order valence-corrected chi connectivity index (χ1v) is 34.7. The summed E-state index contributed by atoms with van der Waals surface area (Å²) in [4.78, 5) is 148. The molecule has 1 saturated heterocycles. The fourth-order valence-electron chi connectivity index (χ4n) is 12.9. The summed E-state index contributed by atoms with van der Waals surface area (Å²) in [5.74, 6) is 0.199. The molecule has 0 aliphatic carbocycles. The average molecular weight is 1450 g/mol. The van der Waals surface area contributed by atoms with E-state index in [9.17, 15) is 43.2 Å². The van der Waals surface area contributed by atoms with Crippen LogP contribution < -0.4 is 45.7 Å². The number of nitrogens with one attached hydrogen (secondary N) is 8. The minimum absolute atomic E-state index is 0.0154. The maximum absolute atomic E-state index is 13.2. The van der Waals surface area contributed by atoms with Gasteiger partial charge in [-0.2, -0.15) is 0 Å². The number of amides is 5. The number of H-pyrrole nitrogens is 3. The van der Waals surface area contributed by atoms with Gasteiger partial charge in [-0.1, -0.05) is 78.9 Å². The molecule has 11 aromatic rings. The van der Waals surface area contributed by atoms with Crippen molar-refractivity contribution in [3.63, 3.8) is 0 Å². The molecule has 29 nitrogen and oxygen atoms in total. The highest BCUT2D eigenvalue weighted by molar-refractivity contribution is 6.11. The van der Waals surface area contributed by atoms with Gasteiger partial charge in [-0.05, 0) is 105 Å². The summed E-state index contributed by atoms with van der Waals surface area (Å²) in [6.45, 7) is 9.53. The number of benzene rings is 5. The predicted octanol–water partition coefficient (Wildman–Crippen LogP) is 9.19. The number of ketones is 3. The number of hydrogen-bond donors (Lipinski definition) is 8. The standard InChI is InChI=1S/C29H29N5O5.C27H23N5O4.C22H23N5O5/c1-2-38-29(37)22(19-6-4-3-5-7-19)10-11-30-23-15-31-26-25(23)33-17-34-27(26)28(36)32-14-18-8-9-24-20(12-18)13-21(35)16-39-24;33-19-11-18-10-16(6-7-22(18)36-14-19)12-29-26(34)25-24-23(30-15-31-25)21(13-28-24)32-9-8-20(27(32)35)17-4-2-1-3-5-17;1-22(2,3)32-21(30)27-15-9-23-18-17(15)25-11-26-19(18)20(29)24-8-12-4-5-16-13(6-12)7-14(28)10-31-16/h3-9,12,15,17,22,30-31H,2,10-11,13-14,16H2,1H3,(H,32,36);1-7,10,13,15,20,28H,8-9,11-12,14H2,(H,29,34);4-6,9,11,23H,7-8,10H2,1-3H3,(H,24,29)(H,27,30). The lowest BCUT2D eigenvalue weighted by molar-refractivity contribution is -0.145. The van der Waals surface area contributed by atoms with E-state index in [1.54, 1.807) is 51.1 Å². The fourth-order valence-corrected chi connectivity index (χ4v) is 12.9. The number of Topliss-reactive ketones (excluding diaryl/α,β-unsaturated/α-hetero) is 3. The first-order valence-electron chi connectivity index (χ1n) is 34.7. The molecular weight excluding hydrogens is 1370 g/mol. The van der Waals surface area contributed by atoms with Crippen molar-refractivity contribution >= 4 is 103 Å². The van der Waals surface area contributed by atoms with Crippen molar-refractivity contribution in [2.45, 2.75) is 96.9 Å². The molecule has 8 N–H and O–H groups in total. The number of anilines is 3. The number of aromatic nitrogens is 9. The number of ether oxygens (including phenoxy) is 5. The number of carbonyl (C=O) groups is 9. The highest BCUT2D eigenvalue weighted by Crippen LogP contribution is 2.37. The first-order chi connectivity index (χ1) is 51.8. The van der Waals surface area contributed by atoms with Crippen LogP contribution in [0.4, 0.5) is 21.9 Å². The molecule has 5 amide bonds. The number of rotatable bonds is 19. The molecule has 0 bridgehead atoms. The van der Waals surface area contributed by atoms with E-state index in [-0.39, 0.29) is 103 Å². The van der Waals surface area contributed by atoms with E-state index in [1.807, 2.05) is 109 Å². The third-order valence-electron chi connectivity index (χ3n) is 17.9. The summed E-state index contributed by atoms with van der Waals surface area (Å²) in [5.41, 5.74) is 11.4. The molecule has 15 rings (SSSR count). The number of hydrogen-bond acceptors (Lipinski definition) is 21. The number of carbonyl (C=O) groups excluding carboxylic acids is 9. The highest BCUT2D eigenvalue weighted by Gasteiger charge is 2.36. The molecule has 6 aromatic heterocycles. The summed E-state index contributed by atoms with van der Waals surface area (Å²) in [5, 5.41) is 14.5. The lowest BCUT2D eigenvalue weighted by Gasteiger charge is -2.19. The predicted molar refractivity (Wildman–Crippen MR) is 392 cm³/mol. The van der Waals surface area contributed by atoms with Crippen molar-refractivity contribution < 1.29 is 66.8 Å². The van der Waals surface area contributed by atoms with E-state index in [0.717, 1.165) is 44.5 Å². The van der Waals surface area contributed by atoms with E-state index in [1.165, 1.54) is 25.2 Å². The number of esters is 1. The molecule has 29 heteroatoms. The Balaban J connectivity index is 0.000000143. The third kappa shape index (κ3) is 17.1. The van der Waals surface area contributed by atoms with Crippen LogP contribution in [0.5, 0.6) is 17.2 Å². The molecule has 1 fully saturated rings. The van der Waals surface area contributed by atoms with Crippen LogP contribution in [0.15, 0.2) is 153 Å². The Bertz CT molecular complexity index is 5230. The summed E-state index contributed by atoms with van der Waals surface area (Å²) in [6, 6.07) is 35.9. The monoisotopic (exact) mass is 1450 g/mol. The molecule has 2 atom stereocenters. The Morgan fingerprint density at radius 3 is 1.50 bits per heavy atom. The van der Waals surface area contributed by atoms with Gasteiger partial charge in [-0.15, -0.1) is 0 Å². The maximum atomic E-state index is 13.2. The zero-order valence-corrected chi connectivity index (χ0v) is 58.8. The average Bonchev–Trinajstić information content (AvgIpc) is 1.63. The summed E-state index contributed by atoms with van der Waals surface area (Å²) >= 11 is 0. The molecule has 0 saturated carbocycles. The van der Waals surface area contributed by atoms with Gasteiger partial charge in [-0.3, -0.25) is 43.7 Å². The third-order valence-corrected chi connectivity index (χ3v) is 17.9. The largest absolute Gasteiger partial charge is 0.486 e. The Labute approximate surface area is 611 Å². The molecule has 2 unspecified atom stereocenters. The van der Waals surface area contributed by atoms with Gasteiger partial charge in [-0.25, -0.2) is 34.7 Å². The lowest BCUT2D eigenvalue weighted by atomic mass is 9.96. The van der Waals surface area contributed by atoms with E-state index in [2.05, 4.69) is 71.4 Å². The van der Waals surface area contributed by atoms with E-state index in [4.69, 9.17) is 23.7 Å². The highest BCUT2D eigenvalue weighted by atomic mass is 16.6. The van der Waals surface area contributed by atoms with Crippen LogP contribution in [0, 0.1) is 0 Å². The van der Waals surface area contributed by atoms with E-state index in [0.29, 0.717) is 119 Å². The number of aromatic amines is 3. The molecule has 0 radical (unpaired) electrons. The van der Waals surface area contributed by atoms with Crippen LogP contribution in [0.25, 0.3) is 33.1 Å². The summed E-state index contributed by atoms with van der Waals surface area (Å²) in [7, 11) is 0. The second kappa shape index (κ2) is 32.2. The van der Waals surface area contributed by atoms with Crippen molar-refractivity contribution in [3.8, 4) is 17.2 Å². The maximum Gasteiger partial charge on any atom is 0.412 e. The van der Waals surface area contributed by atoms with Gasteiger partial charge in [0.05, 0.1) is 52.1 Å². The number of nitrogens with zero attached hydrogens (tertiary/aromatic N) is 7. The van der Waals surface area contributed by atoms with Gasteiger partial charge in [0.2, 0.25) is 5.91 Å². The Hall–Kier alpha value is -13.2. The zero-order chi connectivity index (χ0) is 74.7. The van der Waals surface area contributed by atoms with E-state index < -0.39 is 23.5 Å². The molecular formula is C78H75N15O14. The lowest BCUT2D eigenvalue weighted by Crippen LogP contribution is -2.27. The first kappa shape index (κ1) is 72.2. The van der Waals surface area contributed by atoms with Gasteiger partial charge < -0.3 is 64.8 Å². The molecule has 546 valence electrons. The minimum atomic E-state index is -0.647. The van der Waals surface area contributed by atoms with Crippen LogP contribution in [0.1, 0.15) is 128 Å². The second-order valence-electron chi connectivity index (χ2n) is 26.6. The van der Waals surface area contributed by atoms with Gasteiger partial charge in [0, 0.05) is 87.3 Å². The fraction of sp³-hybridized carbons (Fsp3) is 0.269. The smallest absolute Gasteiger partial charge is 0.412 e. The van der Waals surface area contributed by atoms with Crippen molar-refractivity contribution in [1.82, 2.24) is 60.8 Å². The van der Waals surface area contributed by atoms with Gasteiger partial charge in [0.15, 0.2) is 34.4 Å². The second-order valence-corrected chi connectivity index (χ2v) is 26.6. The SMILES string of the molecule is CC(C)(C)OC(=O)Nc1c[nH]c2c(C(=O)NCc3ccc4c(c3)CC(=O)CO4)ncnc12.CCOC(=O)C(CCNc1c[nH]c2c(C(=O)NCc3ccc4c(c3)CC(=O)CO4)ncnc12)c1ccccc1.O=C1COc2ccc(CNC(=O)c3ncnc4c(N5CCC(c6ccccc6)C5=O)c[nH]c34)cc2C1. The van der Waals surface area contributed by atoms with E-state index >= 15 is 0 Å².